The molecule has 2 atom stereocenters. The first-order chi connectivity index (χ1) is 41.8. The Morgan fingerprint density at radius 3 is 0.906 bits per heavy atom. The van der Waals surface area contributed by atoms with E-state index in [0.29, 0.717) is 12.8 Å². The van der Waals surface area contributed by atoms with Crippen molar-refractivity contribution >= 4 is 19.8 Å². The first-order valence-corrected chi connectivity index (χ1v) is 36.2. The highest BCUT2D eigenvalue weighted by Crippen LogP contribution is 2.43. The normalized spacial score (nSPS) is 13.8. The molecule has 0 aromatic heterocycles. The lowest BCUT2D eigenvalue weighted by atomic mass is 10.0. The van der Waals surface area contributed by atoms with E-state index in [1.807, 2.05) is 0 Å². The smallest absolute Gasteiger partial charge is 0.462 e. The average molecular weight is 1200 g/mol. The maximum atomic E-state index is 12.8. The second-order valence-corrected chi connectivity index (χ2v) is 24.1. The molecule has 486 valence electrons. The Morgan fingerprint density at radius 2 is 0.612 bits per heavy atom. The van der Waals surface area contributed by atoms with Gasteiger partial charge in [0.25, 0.3) is 0 Å². The Morgan fingerprint density at radius 1 is 0.353 bits per heavy atom. The molecule has 0 saturated carbocycles. The van der Waals surface area contributed by atoms with Crippen molar-refractivity contribution in [2.24, 2.45) is 5.73 Å². The molecule has 0 aliphatic carbocycles. The van der Waals surface area contributed by atoms with Crippen LogP contribution in [0.4, 0.5) is 0 Å². The zero-order valence-electron chi connectivity index (χ0n) is 54.5. The van der Waals surface area contributed by atoms with Crippen LogP contribution in [0.15, 0.2) is 134 Å². The number of allylic oxidation sites excluding steroid dienone is 22. The lowest BCUT2D eigenvalue weighted by molar-refractivity contribution is -0.161. The van der Waals surface area contributed by atoms with E-state index < -0.39 is 32.5 Å². The van der Waals surface area contributed by atoms with Gasteiger partial charge >= 0.3 is 19.8 Å². The highest BCUT2D eigenvalue weighted by Gasteiger charge is 2.26. The molecule has 0 saturated heterocycles. The van der Waals surface area contributed by atoms with Crippen molar-refractivity contribution in [2.75, 3.05) is 26.4 Å². The first-order valence-electron chi connectivity index (χ1n) is 34.7. The lowest BCUT2D eigenvalue weighted by Crippen LogP contribution is -2.29. The van der Waals surface area contributed by atoms with Gasteiger partial charge in [-0.15, -0.1) is 0 Å². The maximum Gasteiger partial charge on any atom is 0.472 e. The zero-order valence-corrected chi connectivity index (χ0v) is 55.4. The molecule has 0 aliphatic heterocycles. The van der Waals surface area contributed by atoms with Gasteiger partial charge in [0.05, 0.1) is 13.2 Å². The molecule has 9 nitrogen and oxygen atoms in total. The molecular weight excluding hydrogens is 1070 g/mol. The molecule has 0 aliphatic rings. The topological polar surface area (TPSA) is 134 Å². The van der Waals surface area contributed by atoms with E-state index in [4.69, 9.17) is 24.3 Å². The second-order valence-electron chi connectivity index (χ2n) is 22.6. The number of unbranched alkanes of at least 4 members (excludes halogenated alkanes) is 29. The molecule has 0 radical (unpaired) electrons. The molecule has 2 unspecified atom stereocenters. The van der Waals surface area contributed by atoms with E-state index in [1.165, 1.54) is 141 Å². The molecule has 0 rings (SSSR count). The average Bonchev–Trinajstić information content (AvgIpc) is 3.52. The van der Waals surface area contributed by atoms with E-state index >= 15 is 0 Å². The third kappa shape index (κ3) is 69.1. The number of hydrogen-bond donors (Lipinski definition) is 2. The van der Waals surface area contributed by atoms with Crippen LogP contribution in [0, 0.1) is 0 Å². The van der Waals surface area contributed by atoms with Gasteiger partial charge in [-0.2, -0.15) is 0 Å². The fraction of sp³-hybridized carbons (Fsp3) is 0.680. The molecule has 0 aromatic carbocycles. The second kappa shape index (κ2) is 69.3. The van der Waals surface area contributed by atoms with Crippen LogP contribution >= 0.6 is 7.82 Å². The zero-order chi connectivity index (χ0) is 61.6. The molecule has 85 heavy (non-hydrogen) atoms. The summed E-state index contributed by atoms with van der Waals surface area (Å²) < 4.78 is 33.1. The van der Waals surface area contributed by atoms with E-state index in [9.17, 15) is 19.0 Å². The van der Waals surface area contributed by atoms with Gasteiger partial charge in [0.15, 0.2) is 6.10 Å². The van der Waals surface area contributed by atoms with Crippen molar-refractivity contribution < 1.29 is 37.6 Å². The van der Waals surface area contributed by atoms with Gasteiger partial charge in [-0.1, -0.05) is 308 Å². The SMILES string of the molecule is CC/C=C\C/C=C\C/C=C\C/C=C\C/C=C\C/C=C\CCCCCCCCCCCCCCCCCCCCCCCCC(=O)OC(COC(=O)CCCCCCCCC/C=C\C/C=C\C/C=C\C/C=C\C/C=C\CC)COP(=O)(O)OCCN. The summed E-state index contributed by atoms with van der Waals surface area (Å²) in [6.07, 6.45) is 98.3. The third-order valence-electron chi connectivity index (χ3n) is 14.5. The van der Waals surface area contributed by atoms with Gasteiger partial charge in [-0.25, -0.2) is 4.57 Å². The van der Waals surface area contributed by atoms with Crippen molar-refractivity contribution in [3.63, 3.8) is 0 Å². The van der Waals surface area contributed by atoms with E-state index in [1.54, 1.807) is 0 Å². The van der Waals surface area contributed by atoms with E-state index in [2.05, 4.69) is 148 Å². The summed E-state index contributed by atoms with van der Waals surface area (Å²) in [6.45, 7) is 3.52. The number of phosphoric acid groups is 1. The molecule has 0 aromatic rings. The van der Waals surface area contributed by atoms with Crippen molar-refractivity contribution in [2.45, 2.75) is 302 Å². The van der Waals surface area contributed by atoms with Gasteiger partial charge in [-0.05, 0) is 109 Å². The standard InChI is InChI=1S/C75H128NO8P/c1-3-5-7-9-11-13-15-17-19-21-23-25-27-28-29-30-31-32-33-34-35-36-37-38-39-40-41-42-43-44-46-48-50-52-54-56-58-60-62-64-66-68-75(78)84-73(72-83-85(79,80)82-70-69-76)71-81-74(77)67-65-63-61-59-57-55-53-51-49-47-45-26-24-22-20-18-16-14-12-10-8-6-4-2/h5-8,11-14,17-20,23-26,28-29,31-32,47,49,73H,3-4,9-10,15-16,21-22,27,30,33-46,48,50-72,76H2,1-2H3,(H,79,80)/b7-5-,8-6-,13-11-,14-12-,19-17-,20-18-,25-23-,26-24-,29-28-,32-31-,49-47-. The number of rotatable bonds is 64. The number of ether oxygens (including phenoxy) is 2. The van der Waals surface area contributed by atoms with Crippen LogP contribution in [0.1, 0.15) is 296 Å². The summed E-state index contributed by atoms with van der Waals surface area (Å²) in [7, 11) is -4.40. The molecule has 0 heterocycles. The van der Waals surface area contributed by atoms with Crippen LogP contribution in [0.5, 0.6) is 0 Å². The minimum absolute atomic E-state index is 0.0476. The Bertz CT molecular complexity index is 1860. The molecule has 0 fully saturated rings. The summed E-state index contributed by atoms with van der Waals surface area (Å²) >= 11 is 0. The Hall–Kier alpha value is -3.85. The Balaban J connectivity index is 3.85. The lowest BCUT2D eigenvalue weighted by Gasteiger charge is -2.19. The largest absolute Gasteiger partial charge is 0.472 e. The van der Waals surface area contributed by atoms with Gasteiger partial charge in [0.2, 0.25) is 0 Å². The molecule has 0 spiro atoms. The molecule has 3 N–H and O–H groups in total. The van der Waals surface area contributed by atoms with Gasteiger partial charge in [-0.3, -0.25) is 18.6 Å². The fourth-order valence-electron chi connectivity index (χ4n) is 9.49. The van der Waals surface area contributed by atoms with E-state index in [0.717, 1.165) is 116 Å². The fourth-order valence-corrected chi connectivity index (χ4v) is 10.3. The third-order valence-corrected chi connectivity index (χ3v) is 15.5. The number of phosphoric ester groups is 1. The predicted octanol–water partition coefficient (Wildman–Crippen LogP) is 22.9. The van der Waals surface area contributed by atoms with Crippen molar-refractivity contribution in [3.05, 3.63) is 134 Å². The van der Waals surface area contributed by atoms with Crippen LogP contribution in [0.3, 0.4) is 0 Å². The Labute approximate surface area is 523 Å². The first kappa shape index (κ1) is 81.2. The van der Waals surface area contributed by atoms with E-state index in [-0.39, 0.29) is 32.6 Å². The highest BCUT2D eigenvalue weighted by molar-refractivity contribution is 7.47. The van der Waals surface area contributed by atoms with Crippen LogP contribution in [0.25, 0.3) is 0 Å². The van der Waals surface area contributed by atoms with Crippen molar-refractivity contribution in [3.8, 4) is 0 Å². The van der Waals surface area contributed by atoms with Crippen molar-refractivity contribution in [1.29, 1.82) is 0 Å². The molecule has 10 heteroatoms. The quantitative estimate of drug-likeness (QED) is 0.0264. The number of carbonyl (C=O) groups excluding carboxylic acids is 2. The summed E-state index contributed by atoms with van der Waals surface area (Å²) in [5, 5.41) is 0. The number of esters is 2. The van der Waals surface area contributed by atoms with Gasteiger partial charge in [0.1, 0.15) is 6.61 Å². The number of nitrogens with two attached hydrogens (primary N) is 1. The van der Waals surface area contributed by atoms with Crippen LogP contribution in [-0.2, 0) is 32.7 Å². The van der Waals surface area contributed by atoms with Gasteiger partial charge in [0, 0.05) is 19.4 Å². The van der Waals surface area contributed by atoms with Crippen LogP contribution in [-0.4, -0.2) is 49.3 Å². The molecule has 0 amide bonds. The number of hydrogen-bond acceptors (Lipinski definition) is 8. The summed E-state index contributed by atoms with van der Waals surface area (Å²) in [5.41, 5.74) is 5.40. The van der Waals surface area contributed by atoms with Crippen LogP contribution in [0.2, 0.25) is 0 Å². The minimum atomic E-state index is -4.40. The maximum absolute atomic E-state index is 12.8. The molecular formula is C75H128NO8P. The minimum Gasteiger partial charge on any atom is -0.462 e. The summed E-state index contributed by atoms with van der Waals surface area (Å²) in [5.74, 6) is -0.837. The predicted molar refractivity (Wildman–Crippen MR) is 367 cm³/mol. The monoisotopic (exact) mass is 1200 g/mol. The Kier molecular flexibility index (Phi) is 66.1. The summed E-state index contributed by atoms with van der Waals surface area (Å²) in [4.78, 5) is 35.3. The van der Waals surface area contributed by atoms with Gasteiger partial charge < -0.3 is 20.1 Å². The highest BCUT2D eigenvalue weighted by atomic mass is 31.2. The summed E-state index contributed by atoms with van der Waals surface area (Å²) in [6, 6.07) is 0. The van der Waals surface area contributed by atoms with Crippen molar-refractivity contribution in [1.82, 2.24) is 0 Å². The molecule has 0 bridgehead atoms. The van der Waals surface area contributed by atoms with Crippen LogP contribution < -0.4 is 5.73 Å². The number of carbonyl (C=O) groups is 2.